The second-order valence-corrected chi connectivity index (χ2v) is 22.4. The molecule has 0 saturated carbocycles. The largest absolute Gasteiger partial charge is 0.508 e. The highest BCUT2D eigenvalue weighted by Crippen LogP contribution is 2.15. The first-order valence-electron chi connectivity index (χ1n) is 27.9. The van der Waals surface area contributed by atoms with Crippen LogP contribution in [0.15, 0.2) is 29.3 Å². The summed E-state index contributed by atoms with van der Waals surface area (Å²) in [5.74, 6) is -12.4. The van der Waals surface area contributed by atoms with Crippen LogP contribution in [0.3, 0.4) is 0 Å². The summed E-state index contributed by atoms with van der Waals surface area (Å²) in [6, 6.07) is -8.82. The average Bonchev–Trinajstić information content (AvgIpc) is 3.25. The number of amides is 10. The molecule has 0 aliphatic heterocycles. The number of aliphatic imine (C=N–C) groups is 1. The van der Waals surface area contributed by atoms with Gasteiger partial charge in [0.1, 0.15) is 60.1 Å². The van der Waals surface area contributed by atoms with E-state index in [2.05, 4.69) is 52.8 Å². The van der Waals surface area contributed by atoms with Gasteiger partial charge in [0.2, 0.25) is 59.1 Å². The minimum absolute atomic E-state index is 0.00625. The summed E-state index contributed by atoms with van der Waals surface area (Å²) in [5, 5.41) is 62.2. The zero-order valence-electron chi connectivity index (χ0n) is 49.4. The van der Waals surface area contributed by atoms with E-state index in [-0.39, 0.29) is 81.3 Å². The van der Waals surface area contributed by atoms with Crippen LogP contribution in [0.5, 0.6) is 5.75 Å². The minimum atomic E-state index is -1.76. The molecular formula is C53H89N15O16S2. The summed E-state index contributed by atoms with van der Waals surface area (Å²) >= 11 is 2.61. The first-order chi connectivity index (χ1) is 40.5. The minimum Gasteiger partial charge on any atom is -0.508 e. The summed E-state index contributed by atoms with van der Waals surface area (Å²) in [6.07, 6.45) is 1.11. The number of rotatable bonds is 43. The van der Waals surface area contributed by atoms with Crippen molar-refractivity contribution in [3.05, 3.63) is 29.8 Å². The number of aliphatic hydroxyl groups is 1. The average molecular weight is 1260 g/mol. The molecule has 0 unspecified atom stereocenters. The van der Waals surface area contributed by atoms with Crippen molar-refractivity contribution in [2.75, 3.05) is 37.1 Å². The number of phenolic OH excluding ortho intramolecular Hbond substituents is 1. The fourth-order valence-corrected chi connectivity index (χ4v) is 9.01. The van der Waals surface area contributed by atoms with Crippen LogP contribution < -0.4 is 76.5 Å². The molecule has 33 heteroatoms. The van der Waals surface area contributed by atoms with E-state index >= 15 is 0 Å². The third-order valence-corrected chi connectivity index (χ3v) is 14.6. The number of phenols is 1. The van der Waals surface area contributed by atoms with Crippen molar-refractivity contribution in [3.8, 4) is 5.75 Å². The van der Waals surface area contributed by atoms with Crippen LogP contribution in [0.25, 0.3) is 0 Å². The SMILES string of the molecule is CC[C@H](C)[C@H](NC(=O)[C@H](CCCCN)NC(=O)[C@H](CCSC)NC(=O)[C@@H](NC(=O)[C@H](CCSC)NC(=O)[C@H](Cc1ccc(O)cc1)NC(=O)[C@H](C)NC(=O)[C@@H](N)CCC(=O)O)[C@@H](C)O)C(=O)N[C@@H](CCCN=C(N)N)C(=O)N[C@@H](CC(N)=O)C(=O)O. The number of benzene rings is 1. The Morgan fingerprint density at radius 2 is 1.01 bits per heavy atom. The van der Waals surface area contributed by atoms with Gasteiger partial charge in [-0.05, 0) is 119 Å². The van der Waals surface area contributed by atoms with Gasteiger partial charge in [-0.25, -0.2) is 4.79 Å². The van der Waals surface area contributed by atoms with Crippen LogP contribution in [0, 0.1) is 5.92 Å². The van der Waals surface area contributed by atoms with Gasteiger partial charge in [0.25, 0.3) is 0 Å². The fraction of sp³-hybridized carbons (Fsp3) is 0.642. The number of carbonyl (C=O) groups is 12. The van der Waals surface area contributed by atoms with Gasteiger partial charge in [-0.3, -0.25) is 57.7 Å². The first kappa shape index (κ1) is 76.5. The molecule has 0 bridgehead atoms. The number of carbonyl (C=O) groups excluding carboxylic acids is 10. The molecule has 1 rings (SSSR count). The van der Waals surface area contributed by atoms with Gasteiger partial charge in [-0.1, -0.05) is 32.4 Å². The van der Waals surface area contributed by atoms with Gasteiger partial charge < -0.3 is 96.9 Å². The number of primary amides is 1. The molecule has 0 fully saturated rings. The number of thioether (sulfide) groups is 2. The number of nitrogens with zero attached hydrogens (tertiary/aromatic N) is 1. The Labute approximate surface area is 507 Å². The lowest BCUT2D eigenvalue weighted by Crippen LogP contribution is -2.62. The third-order valence-electron chi connectivity index (χ3n) is 13.3. The summed E-state index contributed by atoms with van der Waals surface area (Å²) in [7, 11) is 0. The third kappa shape index (κ3) is 29.5. The monoisotopic (exact) mass is 1260 g/mol. The number of nitrogens with two attached hydrogens (primary N) is 5. The van der Waals surface area contributed by atoms with E-state index in [1.54, 1.807) is 26.4 Å². The Morgan fingerprint density at radius 1 is 0.558 bits per heavy atom. The Bertz CT molecular complexity index is 2460. The molecule has 23 N–H and O–H groups in total. The quantitative estimate of drug-likeness (QED) is 0.0167. The molecule has 0 aliphatic rings. The van der Waals surface area contributed by atoms with E-state index in [4.69, 9.17) is 33.8 Å². The number of hydrogen-bond acceptors (Lipinski definition) is 19. The smallest absolute Gasteiger partial charge is 0.326 e. The lowest BCUT2D eigenvalue weighted by atomic mass is 9.96. The molecule has 0 saturated heterocycles. The predicted molar refractivity (Wildman–Crippen MR) is 321 cm³/mol. The Kier molecular flexibility index (Phi) is 36.3. The number of nitrogens with one attached hydrogen (secondary N) is 9. The topological polar surface area (TPSA) is 536 Å². The van der Waals surface area contributed by atoms with Crippen molar-refractivity contribution < 1.29 is 78.0 Å². The van der Waals surface area contributed by atoms with Gasteiger partial charge in [-0.15, -0.1) is 0 Å². The van der Waals surface area contributed by atoms with Crippen LogP contribution in [0.4, 0.5) is 0 Å². The highest BCUT2D eigenvalue weighted by atomic mass is 32.2. The molecular weight excluding hydrogens is 1170 g/mol. The van der Waals surface area contributed by atoms with Gasteiger partial charge in [-0.2, -0.15) is 23.5 Å². The van der Waals surface area contributed by atoms with Crippen LogP contribution >= 0.6 is 23.5 Å². The molecule has 484 valence electrons. The molecule has 1 aromatic rings. The van der Waals surface area contributed by atoms with Crippen molar-refractivity contribution in [1.82, 2.24) is 47.9 Å². The molecule has 0 aromatic heterocycles. The molecule has 86 heavy (non-hydrogen) atoms. The van der Waals surface area contributed by atoms with Gasteiger partial charge in [0.15, 0.2) is 5.96 Å². The number of guanidine groups is 1. The maximum absolute atomic E-state index is 14.3. The van der Waals surface area contributed by atoms with E-state index in [1.807, 2.05) is 0 Å². The lowest BCUT2D eigenvalue weighted by Gasteiger charge is -2.30. The standard InChI is InChI=1S/C53H89N15O16S2/c1-7-27(2)41(50(81)63-34(12-10-22-59-53(57)58)45(76)66-38(52(83)84)26-39(56)71)67-47(78)33(11-8-9-21-54)61-46(77)35(19-23-85-5)64-51(82)42(29(4)69)68-48(79)36(20-24-86-6)62-49(80)37(25-30-13-15-31(70)16-14-30)65-43(74)28(3)60-44(75)32(55)17-18-40(72)73/h13-16,27-29,32-38,41-42,69-70H,7-12,17-26,54-55H2,1-6H3,(H2,56,71)(H,60,75)(H,61,77)(H,62,80)(H,63,81)(H,64,82)(H,65,74)(H,66,76)(H,67,78)(H,68,79)(H,72,73)(H,83,84)(H4,57,58,59)/t27-,28-,29+,32-,33-,34-,35-,36-,37-,38-,41-,42-/m0/s1. The summed E-state index contributed by atoms with van der Waals surface area (Å²) in [4.78, 5) is 163. The highest BCUT2D eigenvalue weighted by molar-refractivity contribution is 7.98. The zero-order valence-corrected chi connectivity index (χ0v) is 51.0. The zero-order chi connectivity index (χ0) is 65.2. The van der Waals surface area contributed by atoms with Crippen LogP contribution in [-0.4, -0.2) is 201 Å². The number of carboxylic acids is 2. The van der Waals surface area contributed by atoms with Gasteiger partial charge in [0, 0.05) is 19.4 Å². The number of unbranched alkanes of at least 4 members (excludes halogenated alkanes) is 1. The van der Waals surface area contributed by atoms with E-state index in [0.717, 1.165) is 0 Å². The van der Waals surface area contributed by atoms with E-state index in [9.17, 15) is 72.9 Å². The highest BCUT2D eigenvalue weighted by Gasteiger charge is 2.37. The molecule has 10 amide bonds. The molecule has 1 aromatic carbocycles. The summed E-state index contributed by atoms with van der Waals surface area (Å²) in [6.45, 7) is 6.07. The molecule has 0 aliphatic carbocycles. The van der Waals surface area contributed by atoms with Crippen molar-refractivity contribution in [2.24, 2.45) is 39.6 Å². The number of aliphatic carboxylic acids is 2. The number of hydrogen-bond donors (Lipinski definition) is 18. The first-order valence-corrected chi connectivity index (χ1v) is 30.7. The molecule has 0 radical (unpaired) electrons. The number of carboxylic acid groups (broad SMARTS) is 2. The molecule has 31 nitrogen and oxygen atoms in total. The van der Waals surface area contributed by atoms with Crippen molar-refractivity contribution in [1.29, 1.82) is 0 Å². The second-order valence-electron chi connectivity index (χ2n) is 20.4. The Morgan fingerprint density at radius 3 is 1.48 bits per heavy atom. The number of aromatic hydroxyl groups is 1. The Balaban J connectivity index is 3.55. The van der Waals surface area contributed by atoms with Crippen molar-refractivity contribution in [3.63, 3.8) is 0 Å². The summed E-state index contributed by atoms with van der Waals surface area (Å²) in [5.41, 5.74) is 28.1. The Hall–Kier alpha value is -7.49. The normalized spacial score (nSPS) is 15.2. The maximum atomic E-state index is 14.3. The van der Waals surface area contributed by atoms with E-state index in [0.29, 0.717) is 24.8 Å². The van der Waals surface area contributed by atoms with Crippen molar-refractivity contribution in [2.45, 2.75) is 171 Å². The van der Waals surface area contributed by atoms with Crippen LogP contribution in [0.2, 0.25) is 0 Å². The summed E-state index contributed by atoms with van der Waals surface area (Å²) < 4.78 is 0. The predicted octanol–water partition coefficient (Wildman–Crippen LogP) is -4.41. The molecule has 12 atom stereocenters. The maximum Gasteiger partial charge on any atom is 0.326 e. The fourth-order valence-electron chi connectivity index (χ4n) is 8.07. The van der Waals surface area contributed by atoms with Gasteiger partial charge >= 0.3 is 11.9 Å². The molecule has 0 heterocycles. The van der Waals surface area contributed by atoms with Gasteiger partial charge in [0.05, 0.1) is 18.6 Å². The number of aliphatic hydroxyl groups excluding tert-OH is 1. The van der Waals surface area contributed by atoms with E-state index < -0.39 is 156 Å². The van der Waals surface area contributed by atoms with Crippen molar-refractivity contribution >= 4 is 100 Å². The van der Waals surface area contributed by atoms with Crippen LogP contribution in [0.1, 0.15) is 104 Å². The second kappa shape index (κ2) is 40.8. The lowest BCUT2D eigenvalue weighted by molar-refractivity contribution is -0.144. The van der Waals surface area contributed by atoms with Crippen LogP contribution in [-0.2, 0) is 64.0 Å². The molecule has 0 spiro atoms. The van der Waals surface area contributed by atoms with E-state index in [1.165, 1.54) is 61.6 Å².